The summed E-state index contributed by atoms with van der Waals surface area (Å²) < 4.78 is 0. The van der Waals surface area contributed by atoms with E-state index in [1.165, 1.54) is 16.0 Å². The Bertz CT molecular complexity index is 547. The third kappa shape index (κ3) is 3.23. The third-order valence-corrected chi connectivity index (χ3v) is 4.43. The SMILES string of the molecule is CNCc1sc(-c2ccc(C(C)(C)C)cc2)nc1C. The molecule has 1 aromatic heterocycles. The minimum absolute atomic E-state index is 0.203. The van der Waals surface area contributed by atoms with Crippen molar-refractivity contribution in [3.05, 3.63) is 40.4 Å². The molecule has 0 saturated heterocycles. The molecule has 0 aliphatic heterocycles. The van der Waals surface area contributed by atoms with Gasteiger partial charge in [-0.15, -0.1) is 11.3 Å². The molecular formula is C16H22N2S. The summed E-state index contributed by atoms with van der Waals surface area (Å²) in [6.07, 6.45) is 0. The lowest BCUT2D eigenvalue weighted by Crippen LogP contribution is -2.10. The lowest BCUT2D eigenvalue weighted by Gasteiger charge is -2.18. The molecule has 2 nitrogen and oxygen atoms in total. The van der Waals surface area contributed by atoms with E-state index in [9.17, 15) is 0 Å². The number of benzene rings is 1. The monoisotopic (exact) mass is 274 g/mol. The quantitative estimate of drug-likeness (QED) is 0.910. The van der Waals surface area contributed by atoms with Crippen molar-refractivity contribution in [2.24, 2.45) is 0 Å². The van der Waals surface area contributed by atoms with E-state index in [-0.39, 0.29) is 5.41 Å². The number of nitrogens with one attached hydrogen (secondary N) is 1. The molecule has 102 valence electrons. The van der Waals surface area contributed by atoms with Crippen LogP contribution in [0.5, 0.6) is 0 Å². The molecule has 0 amide bonds. The summed E-state index contributed by atoms with van der Waals surface area (Å²) in [6, 6.07) is 8.79. The van der Waals surface area contributed by atoms with Gasteiger partial charge in [0.1, 0.15) is 5.01 Å². The van der Waals surface area contributed by atoms with Crippen LogP contribution in [-0.2, 0) is 12.0 Å². The van der Waals surface area contributed by atoms with Crippen LogP contribution < -0.4 is 5.32 Å². The molecule has 0 atom stereocenters. The van der Waals surface area contributed by atoms with Crippen LogP contribution in [0.1, 0.15) is 36.9 Å². The molecule has 0 saturated carbocycles. The van der Waals surface area contributed by atoms with Crippen molar-refractivity contribution in [1.82, 2.24) is 10.3 Å². The Kier molecular flexibility index (Phi) is 4.07. The molecule has 1 N–H and O–H groups in total. The summed E-state index contributed by atoms with van der Waals surface area (Å²) in [4.78, 5) is 5.99. The normalized spacial score (nSPS) is 11.8. The molecule has 0 unspecified atom stereocenters. The average molecular weight is 274 g/mol. The molecule has 0 spiro atoms. The average Bonchev–Trinajstić information content (AvgIpc) is 2.71. The fraction of sp³-hybridized carbons (Fsp3) is 0.438. The zero-order valence-corrected chi connectivity index (χ0v) is 13.2. The summed E-state index contributed by atoms with van der Waals surface area (Å²) in [5, 5.41) is 4.30. The van der Waals surface area contributed by atoms with Crippen molar-refractivity contribution in [2.45, 2.75) is 39.7 Å². The predicted octanol–water partition coefficient (Wildman–Crippen LogP) is 4.14. The van der Waals surface area contributed by atoms with Crippen LogP contribution in [0.2, 0.25) is 0 Å². The molecule has 3 heteroatoms. The lowest BCUT2D eigenvalue weighted by atomic mass is 9.87. The van der Waals surface area contributed by atoms with E-state index in [1.54, 1.807) is 11.3 Å². The molecule has 0 radical (unpaired) electrons. The van der Waals surface area contributed by atoms with Crippen molar-refractivity contribution in [3.63, 3.8) is 0 Å². The van der Waals surface area contributed by atoms with Gasteiger partial charge in [-0.3, -0.25) is 0 Å². The molecule has 1 heterocycles. The van der Waals surface area contributed by atoms with Crippen LogP contribution in [0.25, 0.3) is 10.6 Å². The van der Waals surface area contributed by atoms with Gasteiger partial charge in [0, 0.05) is 17.0 Å². The van der Waals surface area contributed by atoms with Gasteiger partial charge in [-0.1, -0.05) is 45.0 Å². The topological polar surface area (TPSA) is 24.9 Å². The molecule has 1 aromatic carbocycles. The van der Waals surface area contributed by atoms with Crippen LogP contribution in [0, 0.1) is 6.92 Å². The van der Waals surface area contributed by atoms with Gasteiger partial charge in [-0.2, -0.15) is 0 Å². The second-order valence-corrected chi connectivity index (χ2v) is 6.97. The number of hydrogen-bond acceptors (Lipinski definition) is 3. The van der Waals surface area contributed by atoms with Gasteiger partial charge in [-0.25, -0.2) is 4.98 Å². The number of hydrogen-bond donors (Lipinski definition) is 1. The van der Waals surface area contributed by atoms with E-state index < -0.39 is 0 Å². The maximum atomic E-state index is 4.67. The van der Waals surface area contributed by atoms with Gasteiger partial charge < -0.3 is 5.32 Å². The van der Waals surface area contributed by atoms with E-state index in [1.807, 2.05) is 7.05 Å². The molecular weight excluding hydrogens is 252 g/mol. The highest BCUT2D eigenvalue weighted by atomic mass is 32.1. The summed E-state index contributed by atoms with van der Waals surface area (Å²) >= 11 is 1.78. The second kappa shape index (κ2) is 5.43. The van der Waals surface area contributed by atoms with Gasteiger partial charge in [0.05, 0.1) is 5.69 Å². The molecule has 0 aliphatic rings. The highest BCUT2D eigenvalue weighted by Gasteiger charge is 2.14. The van der Waals surface area contributed by atoms with E-state index in [0.717, 1.165) is 17.2 Å². The number of aryl methyl sites for hydroxylation is 1. The van der Waals surface area contributed by atoms with Crippen LogP contribution in [0.4, 0.5) is 0 Å². The number of nitrogens with zero attached hydrogens (tertiary/aromatic N) is 1. The standard InChI is InChI=1S/C16H22N2S/c1-11-14(10-17-5)19-15(18-11)12-6-8-13(9-7-12)16(2,3)4/h6-9,17H,10H2,1-5H3. The molecule has 0 fully saturated rings. The van der Waals surface area contributed by atoms with E-state index in [0.29, 0.717) is 0 Å². The number of aromatic nitrogens is 1. The molecule has 19 heavy (non-hydrogen) atoms. The molecule has 2 aromatic rings. The van der Waals surface area contributed by atoms with Gasteiger partial charge >= 0.3 is 0 Å². The Morgan fingerprint density at radius 1 is 1.16 bits per heavy atom. The van der Waals surface area contributed by atoms with Crippen LogP contribution in [0.15, 0.2) is 24.3 Å². The van der Waals surface area contributed by atoms with Crippen molar-refractivity contribution < 1.29 is 0 Å². The number of rotatable bonds is 3. The minimum atomic E-state index is 0.203. The first-order chi connectivity index (χ1) is 8.91. The van der Waals surface area contributed by atoms with Crippen molar-refractivity contribution in [2.75, 3.05) is 7.05 Å². The summed E-state index contributed by atoms with van der Waals surface area (Å²) in [6.45, 7) is 9.68. The van der Waals surface area contributed by atoms with E-state index >= 15 is 0 Å². The first-order valence-electron chi connectivity index (χ1n) is 6.63. The first-order valence-corrected chi connectivity index (χ1v) is 7.45. The Balaban J connectivity index is 2.30. The fourth-order valence-electron chi connectivity index (χ4n) is 1.99. The van der Waals surface area contributed by atoms with Gasteiger partial charge in [0.2, 0.25) is 0 Å². The fourth-order valence-corrected chi connectivity index (χ4v) is 3.07. The smallest absolute Gasteiger partial charge is 0.123 e. The van der Waals surface area contributed by atoms with Gasteiger partial charge in [0.15, 0.2) is 0 Å². The Labute approximate surface area is 119 Å². The third-order valence-electron chi connectivity index (χ3n) is 3.23. The Hall–Kier alpha value is -1.19. The zero-order valence-electron chi connectivity index (χ0n) is 12.4. The second-order valence-electron chi connectivity index (χ2n) is 5.89. The largest absolute Gasteiger partial charge is 0.315 e. The summed E-state index contributed by atoms with van der Waals surface area (Å²) in [7, 11) is 1.97. The van der Waals surface area contributed by atoms with Crippen molar-refractivity contribution in [3.8, 4) is 10.6 Å². The van der Waals surface area contributed by atoms with Crippen LogP contribution in [0.3, 0.4) is 0 Å². The maximum absolute atomic E-state index is 4.67. The van der Waals surface area contributed by atoms with Gasteiger partial charge in [-0.05, 0) is 24.9 Å². The van der Waals surface area contributed by atoms with Crippen molar-refractivity contribution in [1.29, 1.82) is 0 Å². The Morgan fingerprint density at radius 2 is 1.79 bits per heavy atom. The highest BCUT2D eigenvalue weighted by molar-refractivity contribution is 7.15. The number of thiazole rings is 1. The molecule has 2 rings (SSSR count). The molecule has 0 bridgehead atoms. The Morgan fingerprint density at radius 3 is 2.32 bits per heavy atom. The van der Waals surface area contributed by atoms with Gasteiger partial charge in [0.25, 0.3) is 0 Å². The van der Waals surface area contributed by atoms with E-state index in [2.05, 4.69) is 62.3 Å². The van der Waals surface area contributed by atoms with E-state index in [4.69, 9.17) is 0 Å². The molecule has 0 aliphatic carbocycles. The highest BCUT2D eigenvalue weighted by Crippen LogP contribution is 2.30. The summed E-state index contributed by atoms with van der Waals surface area (Å²) in [5.74, 6) is 0. The van der Waals surface area contributed by atoms with Crippen LogP contribution >= 0.6 is 11.3 Å². The minimum Gasteiger partial charge on any atom is -0.315 e. The predicted molar refractivity (Wildman–Crippen MR) is 83.8 cm³/mol. The summed E-state index contributed by atoms with van der Waals surface area (Å²) in [5.41, 5.74) is 3.91. The first kappa shape index (κ1) is 14.2. The van der Waals surface area contributed by atoms with Crippen LogP contribution in [-0.4, -0.2) is 12.0 Å². The lowest BCUT2D eigenvalue weighted by molar-refractivity contribution is 0.590. The maximum Gasteiger partial charge on any atom is 0.123 e. The van der Waals surface area contributed by atoms with Crippen molar-refractivity contribution >= 4 is 11.3 Å². The zero-order chi connectivity index (χ0) is 14.0.